The van der Waals surface area contributed by atoms with E-state index in [1.165, 1.54) is 0 Å². The summed E-state index contributed by atoms with van der Waals surface area (Å²) in [7, 11) is 4.06. The number of pyridine rings is 1. The maximum atomic E-state index is 11.2. The molecular formula is C41H30N6O. The maximum absolute atomic E-state index is 11.2. The number of hydrogen-bond acceptors (Lipinski definition) is 7. The monoisotopic (exact) mass is 622 g/mol. The lowest BCUT2D eigenvalue weighted by Gasteiger charge is -2.15. The van der Waals surface area contributed by atoms with E-state index in [1.807, 2.05) is 62.6 Å². The molecule has 1 N–H and O–H groups in total. The molecule has 3 heterocycles. The van der Waals surface area contributed by atoms with Gasteiger partial charge in [-0.05, 0) is 82.9 Å². The van der Waals surface area contributed by atoms with E-state index in [2.05, 4.69) is 97.9 Å². The number of nitrogens with zero attached hydrogens (tertiary/aromatic N) is 6. The third kappa shape index (κ3) is 5.58. The van der Waals surface area contributed by atoms with E-state index in [0.29, 0.717) is 22.3 Å². The summed E-state index contributed by atoms with van der Waals surface area (Å²) in [6.45, 7) is 0. The van der Waals surface area contributed by atoms with Gasteiger partial charge in [0.15, 0.2) is 0 Å². The van der Waals surface area contributed by atoms with E-state index in [-0.39, 0.29) is 5.75 Å². The maximum Gasteiger partial charge on any atom is 0.127 e. The molecule has 0 saturated carbocycles. The van der Waals surface area contributed by atoms with Crippen LogP contribution in [0.15, 0.2) is 140 Å². The van der Waals surface area contributed by atoms with Crippen molar-refractivity contribution in [3.8, 4) is 61.8 Å². The predicted octanol–water partition coefficient (Wildman–Crippen LogP) is 9.07. The van der Waals surface area contributed by atoms with Crippen molar-refractivity contribution < 1.29 is 5.11 Å². The highest BCUT2D eigenvalue weighted by molar-refractivity contribution is 5.88. The molecule has 0 unspecified atom stereocenters. The van der Waals surface area contributed by atoms with Crippen LogP contribution in [0.25, 0.3) is 78.0 Å². The minimum atomic E-state index is 0.0896. The molecule has 0 aliphatic rings. The van der Waals surface area contributed by atoms with Gasteiger partial charge in [-0.1, -0.05) is 60.7 Å². The smallest absolute Gasteiger partial charge is 0.127 e. The zero-order valence-corrected chi connectivity index (χ0v) is 26.4. The summed E-state index contributed by atoms with van der Waals surface area (Å²) in [6, 6.07) is 42.8. The lowest BCUT2D eigenvalue weighted by Crippen LogP contribution is -2.07. The first kappa shape index (κ1) is 29.0. The van der Waals surface area contributed by atoms with Gasteiger partial charge in [0.1, 0.15) is 5.75 Å². The Morgan fingerprint density at radius 2 is 1.10 bits per heavy atom. The van der Waals surface area contributed by atoms with Gasteiger partial charge in [0.05, 0.1) is 33.6 Å². The van der Waals surface area contributed by atoms with Crippen molar-refractivity contribution in [2.45, 2.75) is 0 Å². The number of rotatable bonds is 6. The second-order valence-corrected chi connectivity index (χ2v) is 11.9. The fourth-order valence-corrected chi connectivity index (χ4v) is 5.99. The van der Waals surface area contributed by atoms with Crippen LogP contribution in [0.1, 0.15) is 0 Å². The lowest BCUT2D eigenvalue weighted by molar-refractivity contribution is 0.478. The normalized spacial score (nSPS) is 11.2. The highest BCUT2D eigenvalue weighted by atomic mass is 16.3. The summed E-state index contributed by atoms with van der Waals surface area (Å²) in [5.74, 6) is 0.0896. The molecule has 0 amide bonds. The van der Waals surface area contributed by atoms with E-state index in [0.717, 1.165) is 61.4 Å². The Bertz CT molecular complexity index is 2440. The van der Waals surface area contributed by atoms with Crippen LogP contribution in [-0.2, 0) is 0 Å². The summed E-state index contributed by atoms with van der Waals surface area (Å²) in [4.78, 5) is 16.1. The Balaban J connectivity index is 1.36. The Hall–Kier alpha value is -6.47. The molecule has 5 aromatic carbocycles. The molecule has 3 aromatic heterocycles. The molecule has 0 saturated heterocycles. The molecule has 0 fully saturated rings. The first-order chi connectivity index (χ1) is 23.5. The van der Waals surface area contributed by atoms with Crippen LogP contribution >= 0.6 is 0 Å². The van der Waals surface area contributed by atoms with Gasteiger partial charge in [-0.3, -0.25) is 9.97 Å². The highest BCUT2D eigenvalue weighted by Gasteiger charge is 2.16. The molecule has 230 valence electrons. The van der Waals surface area contributed by atoms with Crippen LogP contribution in [0.2, 0.25) is 0 Å². The summed E-state index contributed by atoms with van der Waals surface area (Å²) in [6.07, 6.45) is 3.27. The standard InChI is InChI=1S/C41H30N6O/c1-47(2)33-14-12-27(13-15-33)30-22-36(44-38(23-30)34-24-39-40(25-41(34)48)43-17-16-42-39)31-18-29(26-8-4-3-5-9-26)19-32(20-31)37-21-28-10-6-7-11-35(28)45-46-37/h3-25,48H,1-2H3. The van der Waals surface area contributed by atoms with Gasteiger partial charge >= 0.3 is 0 Å². The molecule has 0 radical (unpaired) electrons. The number of aromatic hydroxyl groups is 1. The predicted molar refractivity (Wildman–Crippen MR) is 194 cm³/mol. The first-order valence-corrected chi connectivity index (χ1v) is 15.7. The van der Waals surface area contributed by atoms with Crippen molar-refractivity contribution in [2.24, 2.45) is 0 Å². The Morgan fingerprint density at radius 1 is 0.479 bits per heavy atom. The van der Waals surface area contributed by atoms with Gasteiger partial charge in [-0.15, -0.1) is 10.2 Å². The van der Waals surface area contributed by atoms with E-state index in [9.17, 15) is 5.11 Å². The largest absolute Gasteiger partial charge is 0.507 e. The van der Waals surface area contributed by atoms with Gasteiger partial charge in [0.25, 0.3) is 0 Å². The van der Waals surface area contributed by atoms with Crippen molar-refractivity contribution in [1.82, 2.24) is 25.1 Å². The number of aromatic nitrogens is 5. The van der Waals surface area contributed by atoms with E-state index < -0.39 is 0 Å². The molecular weight excluding hydrogens is 592 g/mol. The molecule has 8 rings (SSSR count). The van der Waals surface area contributed by atoms with Crippen LogP contribution in [0.5, 0.6) is 5.75 Å². The minimum absolute atomic E-state index is 0.0896. The molecule has 7 heteroatoms. The van der Waals surface area contributed by atoms with Crippen LogP contribution < -0.4 is 4.90 Å². The van der Waals surface area contributed by atoms with Crippen molar-refractivity contribution in [1.29, 1.82) is 0 Å². The fraction of sp³-hybridized carbons (Fsp3) is 0.0488. The number of fused-ring (bicyclic) bond motifs is 2. The van der Waals surface area contributed by atoms with Gasteiger partial charge in [0, 0.05) is 60.3 Å². The average Bonchev–Trinajstić information content (AvgIpc) is 3.14. The van der Waals surface area contributed by atoms with Gasteiger partial charge in [0.2, 0.25) is 0 Å². The van der Waals surface area contributed by atoms with Crippen LogP contribution in [0.3, 0.4) is 0 Å². The summed E-state index contributed by atoms with van der Waals surface area (Å²) < 4.78 is 0. The number of hydrogen-bond donors (Lipinski definition) is 1. The SMILES string of the molecule is CN(C)c1ccc(-c2cc(-c3cc(-c4ccccc4)cc(-c4cc5ccccc5nn4)c3)nc(-c3cc4nccnc4cc3O)c2)cc1. The second-order valence-electron chi connectivity index (χ2n) is 11.9. The average molecular weight is 623 g/mol. The molecule has 7 nitrogen and oxygen atoms in total. The summed E-state index contributed by atoms with van der Waals surface area (Å²) in [5, 5.41) is 21.4. The third-order valence-corrected chi connectivity index (χ3v) is 8.53. The molecule has 0 atom stereocenters. The number of phenolic OH excluding ortho intramolecular Hbond substituents is 1. The van der Waals surface area contributed by atoms with Crippen molar-refractivity contribution in [2.75, 3.05) is 19.0 Å². The van der Waals surface area contributed by atoms with Crippen molar-refractivity contribution in [3.05, 3.63) is 140 Å². The molecule has 0 spiro atoms. The molecule has 0 bridgehead atoms. The number of anilines is 1. The Morgan fingerprint density at radius 3 is 1.88 bits per heavy atom. The lowest BCUT2D eigenvalue weighted by atomic mass is 9.94. The minimum Gasteiger partial charge on any atom is -0.507 e. The zero-order chi connectivity index (χ0) is 32.6. The van der Waals surface area contributed by atoms with Crippen LogP contribution in [-0.4, -0.2) is 44.4 Å². The first-order valence-electron chi connectivity index (χ1n) is 15.7. The third-order valence-electron chi connectivity index (χ3n) is 8.53. The van der Waals surface area contributed by atoms with Gasteiger partial charge in [-0.25, -0.2) is 4.98 Å². The second kappa shape index (κ2) is 12.0. The zero-order valence-electron chi connectivity index (χ0n) is 26.4. The van der Waals surface area contributed by atoms with E-state index in [4.69, 9.17) is 4.98 Å². The topological polar surface area (TPSA) is 87.9 Å². The van der Waals surface area contributed by atoms with Crippen molar-refractivity contribution >= 4 is 27.6 Å². The van der Waals surface area contributed by atoms with Crippen LogP contribution in [0, 0.1) is 0 Å². The highest BCUT2D eigenvalue weighted by Crippen LogP contribution is 2.38. The van der Waals surface area contributed by atoms with Crippen molar-refractivity contribution in [3.63, 3.8) is 0 Å². The fourth-order valence-electron chi connectivity index (χ4n) is 5.99. The summed E-state index contributed by atoms with van der Waals surface area (Å²) >= 11 is 0. The quantitative estimate of drug-likeness (QED) is 0.198. The molecule has 8 aromatic rings. The Kier molecular flexibility index (Phi) is 7.27. The number of phenols is 1. The molecule has 0 aliphatic heterocycles. The molecule has 48 heavy (non-hydrogen) atoms. The summed E-state index contributed by atoms with van der Waals surface area (Å²) in [5.41, 5.74) is 11.9. The Labute approximate surface area is 277 Å². The van der Waals surface area contributed by atoms with Crippen LogP contribution in [0.4, 0.5) is 5.69 Å². The van der Waals surface area contributed by atoms with E-state index in [1.54, 1.807) is 18.5 Å². The van der Waals surface area contributed by atoms with Gasteiger partial charge in [-0.2, -0.15) is 0 Å². The molecule has 0 aliphatic carbocycles. The van der Waals surface area contributed by atoms with E-state index >= 15 is 0 Å². The van der Waals surface area contributed by atoms with Gasteiger partial charge < -0.3 is 10.0 Å². The number of benzene rings is 5.